The first kappa shape index (κ1) is 18.8. The Bertz CT molecular complexity index is 1190. The Labute approximate surface area is 179 Å². The van der Waals surface area contributed by atoms with Gasteiger partial charge in [0.1, 0.15) is 11.6 Å². The third-order valence-electron chi connectivity index (χ3n) is 5.40. The van der Waals surface area contributed by atoms with E-state index in [1.165, 1.54) is 4.88 Å². The van der Waals surface area contributed by atoms with Crippen LogP contribution in [0.15, 0.2) is 48.2 Å². The highest BCUT2D eigenvalue weighted by atomic mass is 32.1. The average molecular weight is 418 g/mol. The first-order valence-electron chi connectivity index (χ1n) is 10.1. The van der Waals surface area contributed by atoms with Crippen molar-refractivity contribution < 1.29 is 4.74 Å². The molecule has 0 spiro atoms. The summed E-state index contributed by atoms with van der Waals surface area (Å²) in [5, 5.41) is 6.85. The molecule has 1 unspecified atom stereocenters. The molecule has 1 aliphatic rings. The first-order valence-corrected chi connectivity index (χ1v) is 10.9. The third kappa shape index (κ3) is 3.57. The Kier molecular flexibility index (Phi) is 4.96. The number of hydrogen-bond donors (Lipinski definition) is 0. The van der Waals surface area contributed by atoms with Gasteiger partial charge in [-0.25, -0.2) is 14.6 Å². The number of ether oxygens (including phenoxy) is 1. The second kappa shape index (κ2) is 7.91. The van der Waals surface area contributed by atoms with Crippen molar-refractivity contribution in [3.8, 4) is 11.4 Å². The number of imidazole rings is 1. The Morgan fingerprint density at radius 1 is 1.23 bits per heavy atom. The molecule has 3 aromatic heterocycles. The lowest BCUT2D eigenvalue weighted by atomic mass is 9.97. The molecule has 1 aliphatic heterocycles. The maximum absolute atomic E-state index is 5.61. The van der Waals surface area contributed by atoms with E-state index in [4.69, 9.17) is 14.8 Å². The molecule has 7 heteroatoms. The number of methoxy groups -OCH3 is 1. The molecule has 0 N–H and O–H groups in total. The van der Waals surface area contributed by atoms with Gasteiger partial charge in [-0.05, 0) is 55.0 Å². The highest BCUT2D eigenvalue weighted by Gasteiger charge is 2.25. The Morgan fingerprint density at radius 2 is 2.17 bits per heavy atom. The van der Waals surface area contributed by atoms with Gasteiger partial charge in [-0.1, -0.05) is 18.2 Å². The van der Waals surface area contributed by atoms with E-state index in [2.05, 4.69) is 33.2 Å². The van der Waals surface area contributed by atoms with Gasteiger partial charge < -0.3 is 9.30 Å². The highest BCUT2D eigenvalue weighted by molar-refractivity contribution is 7.10. The lowest BCUT2D eigenvalue weighted by molar-refractivity contribution is 0.413. The fraction of sp³-hybridized carbons (Fsp3) is 0.261. The molecule has 5 rings (SSSR count). The molecule has 4 heterocycles. The van der Waals surface area contributed by atoms with Gasteiger partial charge in [-0.3, -0.25) is 0 Å². The first-order chi connectivity index (χ1) is 14.7. The fourth-order valence-corrected chi connectivity index (χ4v) is 4.79. The van der Waals surface area contributed by atoms with Crippen molar-refractivity contribution in [3.05, 3.63) is 76.0 Å². The summed E-state index contributed by atoms with van der Waals surface area (Å²) in [6.45, 7) is 2.91. The summed E-state index contributed by atoms with van der Waals surface area (Å²) in [5.41, 5.74) is 2.97. The van der Waals surface area contributed by atoms with Gasteiger partial charge >= 0.3 is 0 Å². The quantitative estimate of drug-likeness (QED) is 0.462. The van der Waals surface area contributed by atoms with Crippen LogP contribution in [0.1, 0.15) is 46.5 Å². The molecular formula is C23H23N5OS. The van der Waals surface area contributed by atoms with Gasteiger partial charge in [0.05, 0.1) is 30.7 Å². The second-order valence-electron chi connectivity index (χ2n) is 7.45. The van der Waals surface area contributed by atoms with Crippen LogP contribution in [-0.2, 0) is 6.54 Å². The number of benzene rings is 1. The summed E-state index contributed by atoms with van der Waals surface area (Å²) in [4.78, 5) is 10.5. The van der Waals surface area contributed by atoms with Crippen LogP contribution in [0, 0.1) is 6.92 Å². The highest BCUT2D eigenvalue weighted by Crippen LogP contribution is 2.34. The van der Waals surface area contributed by atoms with Crippen LogP contribution in [0.4, 0.5) is 0 Å². The molecule has 0 aliphatic carbocycles. The average Bonchev–Trinajstić information content (AvgIpc) is 3.52. The molecule has 0 fully saturated rings. The summed E-state index contributed by atoms with van der Waals surface area (Å²) in [6, 6.07) is 10.4. The van der Waals surface area contributed by atoms with Crippen LogP contribution in [-0.4, -0.2) is 31.4 Å². The normalized spacial score (nSPS) is 16.1. The zero-order valence-electron chi connectivity index (χ0n) is 17.0. The minimum absolute atomic E-state index is 0.353. The van der Waals surface area contributed by atoms with E-state index in [1.807, 2.05) is 42.0 Å². The lowest BCUT2D eigenvalue weighted by Gasteiger charge is -2.20. The Hall–Kier alpha value is -3.19. The zero-order chi connectivity index (χ0) is 20.5. The molecule has 30 heavy (non-hydrogen) atoms. The number of aryl methyl sites for hydroxylation is 2. The van der Waals surface area contributed by atoms with Crippen molar-refractivity contribution in [1.82, 2.24) is 24.3 Å². The predicted molar refractivity (Wildman–Crippen MR) is 119 cm³/mol. The summed E-state index contributed by atoms with van der Waals surface area (Å²) in [5.74, 6) is 2.98. The molecule has 1 aromatic carbocycles. The van der Waals surface area contributed by atoms with Crippen LogP contribution in [0.5, 0.6) is 5.75 Å². The summed E-state index contributed by atoms with van der Waals surface area (Å²) < 4.78 is 9.64. The van der Waals surface area contributed by atoms with Gasteiger partial charge in [0.2, 0.25) is 0 Å². The van der Waals surface area contributed by atoms with Crippen LogP contribution in [0.25, 0.3) is 17.8 Å². The molecular weight excluding hydrogens is 394 g/mol. The van der Waals surface area contributed by atoms with Gasteiger partial charge in [-0.2, -0.15) is 5.10 Å². The van der Waals surface area contributed by atoms with Crippen LogP contribution < -0.4 is 4.74 Å². The number of rotatable bonds is 5. The number of aromatic nitrogens is 5. The maximum Gasteiger partial charge on any atom is 0.174 e. The number of nitrogens with zero attached hydrogens (tertiary/aromatic N) is 5. The van der Waals surface area contributed by atoms with Crippen LogP contribution in [0.2, 0.25) is 0 Å². The molecule has 0 saturated heterocycles. The number of fused-ring (bicyclic) bond motifs is 1. The van der Waals surface area contributed by atoms with Crippen molar-refractivity contribution in [3.63, 3.8) is 0 Å². The molecule has 4 aromatic rings. The molecule has 1 atom stereocenters. The fourth-order valence-electron chi connectivity index (χ4n) is 3.93. The molecule has 0 amide bonds. The molecule has 6 nitrogen and oxygen atoms in total. The van der Waals surface area contributed by atoms with E-state index in [0.717, 1.165) is 53.7 Å². The summed E-state index contributed by atoms with van der Waals surface area (Å²) >= 11 is 1.80. The Morgan fingerprint density at radius 3 is 2.93 bits per heavy atom. The monoisotopic (exact) mass is 417 g/mol. The molecule has 0 saturated carbocycles. The van der Waals surface area contributed by atoms with Crippen molar-refractivity contribution in [2.45, 2.75) is 32.2 Å². The van der Waals surface area contributed by atoms with Crippen molar-refractivity contribution in [1.29, 1.82) is 0 Å². The van der Waals surface area contributed by atoms with E-state index in [9.17, 15) is 0 Å². The van der Waals surface area contributed by atoms with E-state index in [-0.39, 0.29) is 0 Å². The Balaban J connectivity index is 1.41. The molecule has 0 bridgehead atoms. The molecule has 152 valence electrons. The second-order valence-corrected chi connectivity index (χ2v) is 8.43. The van der Waals surface area contributed by atoms with Gasteiger partial charge in [0.15, 0.2) is 5.82 Å². The van der Waals surface area contributed by atoms with Gasteiger partial charge in [0, 0.05) is 17.6 Å². The summed E-state index contributed by atoms with van der Waals surface area (Å²) in [6.07, 6.45) is 10.1. The number of hydrogen-bond acceptors (Lipinski definition) is 5. The predicted octanol–water partition coefficient (Wildman–Crippen LogP) is 4.94. The minimum Gasteiger partial charge on any atom is -0.495 e. The van der Waals surface area contributed by atoms with Crippen molar-refractivity contribution in [2.24, 2.45) is 0 Å². The minimum atomic E-state index is 0.353. The maximum atomic E-state index is 5.61. The van der Waals surface area contributed by atoms with E-state index < -0.39 is 0 Å². The smallest absolute Gasteiger partial charge is 0.174 e. The topological polar surface area (TPSA) is 57.8 Å². The van der Waals surface area contributed by atoms with Crippen LogP contribution in [0.3, 0.4) is 0 Å². The number of thiophene rings is 1. The third-order valence-corrected chi connectivity index (χ3v) is 6.38. The van der Waals surface area contributed by atoms with Crippen LogP contribution >= 0.6 is 11.3 Å². The largest absolute Gasteiger partial charge is 0.495 e. The standard InChI is InChI=1S/C23H23N5OS/c1-16-14-27(15-24-16)19-9-7-17(13-20(19)29-2)8-10-22-25-23-18(21-6-4-12-30-21)5-3-11-28(23)26-22/h4,6-10,12-15,18H,3,5,11H2,1-2H3/b10-8+. The molecule has 0 radical (unpaired) electrons. The van der Waals surface area contributed by atoms with Crippen molar-refractivity contribution >= 4 is 23.5 Å². The van der Waals surface area contributed by atoms with Crippen molar-refractivity contribution in [2.75, 3.05) is 7.11 Å². The van der Waals surface area contributed by atoms with E-state index >= 15 is 0 Å². The van der Waals surface area contributed by atoms with E-state index in [0.29, 0.717) is 5.92 Å². The SMILES string of the molecule is COc1cc(/C=C/c2nc3n(n2)CCCC3c2cccs2)ccc1-n1cnc(C)c1. The lowest BCUT2D eigenvalue weighted by Crippen LogP contribution is -2.17. The van der Waals surface area contributed by atoms with E-state index in [1.54, 1.807) is 24.8 Å². The zero-order valence-corrected chi connectivity index (χ0v) is 17.8. The van der Waals surface area contributed by atoms with Gasteiger partial charge in [-0.15, -0.1) is 11.3 Å². The van der Waals surface area contributed by atoms with Gasteiger partial charge in [0.25, 0.3) is 0 Å². The summed E-state index contributed by atoms with van der Waals surface area (Å²) in [7, 11) is 1.69.